The molecular weight excluding hydrogens is 212 g/mol. The second kappa shape index (κ2) is 5.63. The molecule has 1 heterocycles. The topological polar surface area (TPSA) is 42.7 Å². The van der Waals surface area contributed by atoms with E-state index in [9.17, 15) is 0 Å². The van der Waals surface area contributed by atoms with Gasteiger partial charge in [-0.3, -0.25) is 0 Å². The smallest absolute Gasteiger partial charge is 0.133 e. The Balaban J connectivity index is 1.76. The van der Waals surface area contributed by atoms with Gasteiger partial charge in [0, 0.05) is 26.1 Å². The first kappa shape index (κ1) is 12.6. The number of hydrogen-bond donors (Lipinski definition) is 1. The molecule has 0 radical (unpaired) electrons. The monoisotopic (exact) mass is 236 g/mol. The van der Waals surface area contributed by atoms with E-state index in [0.717, 1.165) is 30.6 Å². The van der Waals surface area contributed by atoms with Crippen molar-refractivity contribution in [1.82, 2.24) is 20.1 Å². The molecule has 1 aliphatic rings. The van der Waals surface area contributed by atoms with Crippen molar-refractivity contribution < 1.29 is 0 Å². The molecule has 1 aromatic heterocycles. The maximum atomic E-state index is 4.11. The van der Waals surface area contributed by atoms with Crippen molar-refractivity contribution in [3.63, 3.8) is 0 Å². The fourth-order valence-corrected chi connectivity index (χ4v) is 2.77. The minimum absolute atomic E-state index is 0.687. The summed E-state index contributed by atoms with van der Waals surface area (Å²) in [5, 5.41) is 11.7. The zero-order chi connectivity index (χ0) is 12.3. The third-order valence-corrected chi connectivity index (χ3v) is 4.27. The van der Waals surface area contributed by atoms with Crippen LogP contribution in [0.4, 0.5) is 0 Å². The van der Waals surface area contributed by atoms with Crippen LogP contribution in [0.2, 0.25) is 0 Å². The Morgan fingerprint density at radius 2 is 2.24 bits per heavy atom. The quantitative estimate of drug-likeness (QED) is 0.866. The van der Waals surface area contributed by atoms with Crippen molar-refractivity contribution in [3.05, 3.63) is 12.2 Å². The summed E-state index contributed by atoms with van der Waals surface area (Å²) < 4.78 is 1.99. The van der Waals surface area contributed by atoms with Gasteiger partial charge in [0.25, 0.3) is 0 Å². The highest BCUT2D eigenvalue weighted by Crippen LogP contribution is 2.29. The molecule has 0 saturated heterocycles. The van der Waals surface area contributed by atoms with E-state index in [4.69, 9.17) is 0 Å². The van der Waals surface area contributed by atoms with Crippen LogP contribution in [0.5, 0.6) is 0 Å². The van der Waals surface area contributed by atoms with Crippen LogP contribution in [0.25, 0.3) is 0 Å². The van der Waals surface area contributed by atoms with Gasteiger partial charge in [0.2, 0.25) is 0 Å². The first-order valence-electron chi connectivity index (χ1n) is 6.74. The first-order chi connectivity index (χ1) is 8.18. The molecule has 0 spiro atoms. The molecule has 1 N–H and O–H groups in total. The van der Waals surface area contributed by atoms with Gasteiger partial charge in [-0.1, -0.05) is 26.7 Å². The fraction of sp³-hybridized carbons (Fsp3) is 0.846. The molecule has 1 saturated carbocycles. The average molecular weight is 236 g/mol. The molecule has 4 heteroatoms. The van der Waals surface area contributed by atoms with Gasteiger partial charge in [-0.05, 0) is 18.3 Å². The maximum absolute atomic E-state index is 4.11. The van der Waals surface area contributed by atoms with E-state index >= 15 is 0 Å². The van der Waals surface area contributed by atoms with Crippen molar-refractivity contribution >= 4 is 0 Å². The summed E-state index contributed by atoms with van der Waals surface area (Å²) >= 11 is 0. The second-order valence-electron chi connectivity index (χ2n) is 5.44. The molecule has 1 aliphatic carbocycles. The van der Waals surface area contributed by atoms with E-state index in [-0.39, 0.29) is 0 Å². The van der Waals surface area contributed by atoms with Crippen LogP contribution >= 0.6 is 0 Å². The average Bonchev–Trinajstić information content (AvgIpc) is 2.71. The van der Waals surface area contributed by atoms with Crippen LogP contribution in [0.3, 0.4) is 0 Å². The van der Waals surface area contributed by atoms with Crippen molar-refractivity contribution in [2.45, 2.75) is 45.6 Å². The van der Waals surface area contributed by atoms with Gasteiger partial charge in [0.1, 0.15) is 12.2 Å². The van der Waals surface area contributed by atoms with Gasteiger partial charge >= 0.3 is 0 Å². The lowest BCUT2D eigenvalue weighted by Crippen LogP contribution is -2.41. The first-order valence-corrected chi connectivity index (χ1v) is 6.74. The molecule has 4 nitrogen and oxygen atoms in total. The molecule has 2 rings (SSSR count). The summed E-state index contributed by atoms with van der Waals surface area (Å²) in [6.45, 7) is 5.76. The molecule has 3 unspecified atom stereocenters. The second-order valence-corrected chi connectivity index (χ2v) is 5.44. The summed E-state index contributed by atoms with van der Waals surface area (Å²) in [6, 6.07) is 0.687. The highest BCUT2D eigenvalue weighted by molar-refractivity contribution is 4.87. The zero-order valence-electron chi connectivity index (χ0n) is 11.2. The van der Waals surface area contributed by atoms with Crippen LogP contribution in [0.15, 0.2) is 6.33 Å². The minimum atomic E-state index is 0.687. The molecule has 1 fully saturated rings. The summed E-state index contributed by atoms with van der Waals surface area (Å²) in [7, 11) is 2.00. The number of aromatic nitrogens is 3. The Morgan fingerprint density at radius 1 is 1.41 bits per heavy atom. The fourth-order valence-electron chi connectivity index (χ4n) is 2.77. The summed E-state index contributed by atoms with van der Waals surface area (Å²) in [5.74, 6) is 2.72. The lowest BCUT2D eigenvalue weighted by atomic mass is 9.78. The third kappa shape index (κ3) is 3.06. The number of nitrogens with one attached hydrogen (secondary N) is 1. The van der Waals surface area contributed by atoms with Crippen molar-refractivity contribution in [2.24, 2.45) is 18.9 Å². The minimum Gasteiger partial charge on any atom is -0.321 e. The highest BCUT2D eigenvalue weighted by atomic mass is 15.2. The normalized spacial score (nSPS) is 29.5. The standard InChI is InChI=1S/C13H24N4/c1-10-5-4-6-12(11(10)2)14-8-7-13-16-15-9-17(13)3/h9-12,14H,4-8H2,1-3H3. The van der Waals surface area contributed by atoms with Gasteiger partial charge in [0.05, 0.1) is 0 Å². The number of aryl methyl sites for hydroxylation is 1. The van der Waals surface area contributed by atoms with Crippen LogP contribution in [0, 0.1) is 11.8 Å². The molecule has 0 amide bonds. The Bertz CT molecular complexity index is 347. The number of hydrogen-bond acceptors (Lipinski definition) is 3. The lowest BCUT2D eigenvalue weighted by molar-refractivity contribution is 0.207. The predicted octanol–water partition coefficient (Wildman–Crippen LogP) is 1.77. The van der Waals surface area contributed by atoms with E-state index in [1.54, 1.807) is 6.33 Å². The van der Waals surface area contributed by atoms with E-state index in [1.807, 2.05) is 11.6 Å². The summed E-state index contributed by atoms with van der Waals surface area (Å²) in [5.41, 5.74) is 0. The van der Waals surface area contributed by atoms with Gasteiger partial charge in [-0.2, -0.15) is 0 Å². The van der Waals surface area contributed by atoms with Gasteiger partial charge in [-0.15, -0.1) is 10.2 Å². The van der Waals surface area contributed by atoms with Crippen molar-refractivity contribution in [3.8, 4) is 0 Å². The Labute approximate surface area is 104 Å². The molecule has 17 heavy (non-hydrogen) atoms. The van der Waals surface area contributed by atoms with Crippen LogP contribution in [0.1, 0.15) is 38.9 Å². The van der Waals surface area contributed by atoms with E-state index in [1.165, 1.54) is 19.3 Å². The zero-order valence-corrected chi connectivity index (χ0v) is 11.2. The molecule has 3 atom stereocenters. The van der Waals surface area contributed by atoms with E-state index < -0.39 is 0 Å². The van der Waals surface area contributed by atoms with Crippen LogP contribution < -0.4 is 5.32 Å². The summed E-state index contributed by atoms with van der Waals surface area (Å²) in [4.78, 5) is 0. The predicted molar refractivity (Wildman–Crippen MR) is 68.7 cm³/mol. The SMILES string of the molecule is CC1CCCC(NCCc2nncn2C)C1C. The Kier molecular flexibility index (Phi) is 4.15. The summed E-state index contributed by atoms with van der Waals surface area (Å²) in [6.07, 6.45) is 6.81. The van der Waals surface area contributed by atoms with Crippen molar-refractivity contribution in [1.29, 1.82) is 0 Å². The molecule has 0 bridgehead atoms. The van der Waals surface area contributed by atoms with Gasteiger partial charge in [0.15, 0.2) is 0 Å². The van der Waals surface area contributed by atoms with Gasteiger partial charge < -0.3 is 9.88 Å². The molecule has 1 aromatic rings. The Morgan fingerprint density at radius 3 is 2.94 bits per heavy atom. The Hall–Kier alpha value is -0.900. The number of rotatable bonds is 4. The number of nitrogens with zero attached hydrogens (tertiary/aromatic N) is 3. The highest BCUT2D eigenvalue weighted by Gasteiger charge is 2.26. The van der Waals surface area contributed by atoms with E-state index in [0.29, 0.717) is 6.04 Å². The van der Waals surface area contributed by atoms with Crippen LogP contribution in [-0.4, -0.2) is 27.4 Å². The third-order valence-electron chi connectivity index (χ3n) is 4.27. The molecule has 0 aliphatic heterocycles. The molecule has 96 valence electrons. The molecular formula is C13H24N4. The van der Waals surface area contributed by atoms with Crippen LogP contribution in [-0.2, 0) is 13.5 Å². The van der Waals surface area contributed by atoms with E-state index in [2.05, 4.69) is 29.4 Å². The maximum Gasteiger partial charge on any atom is 0.133 e. The lowest BCUT2D eigenvalue weighted by Gasteiger charge is -2.34. The van der Waals surface area contributed by atoms with Gasteiger partial charge in [-0.25, -0.2) is 0 Å². The molecule has 0 aromatic carbocycles. The van der Waals surface area contributed by atoms with Crippen molar-refractivity contribution in [2.75, 3.05) is 6.54 Å². The largest absolute Gasteiger partial charge is 0.321 e.